The molecule has 1 saturated heterocycles. The molecule has 1 aliphatic rings. The first-order valence-electron chi connectivity index (χ1n) is 9.54. The van der Waals surface area contributed by atoms with Gasteiger partial charge in [-0.25, -0.2) is 0 Å². The molecule has 3 rings (SSSR count). The Bertz CT molecular complexity index is 665. The second-order valence-corrected chi connectivity index (χ2v) is 6.82. The maximum Gasteiger partial charge on any atom is 0.121 e. The third kappa shape index (κ3) is 5.67. The van der Waals surface area contributed by atoms with Crippen molar-refractivity contribution in [1.29, 1.82) is 0 Å². The molecule has 4 nitrogen and oxygen atoms in total. The fourth-order valence-corrected chi connectivity index (χ4v) is 2.97. The zero-order valence-electron chi connectivity index (χ0n) is 15.7. The largest absolute Gasteiger partial charge is 0.491 e. The fourth-order valence-electron chi connectivity index (χ4n) is 2.97. The summed E-state index contributed by atoms with van der Waals surface area (Å²) in [4.78, 5) is 0. The molecule has 1 N–H and O–H groups in total. The molecule has 1 fully saturated rings. The summed E-state index contributed by atoms with van der Waals surface area (Å²) in [5, 5.41) is 3.46. The average Bonchev–Trinajstić information content (AvgIpc) is 3.19. The molecule has 0 amide bonds. The normalized spacial score (nSPS) is 17.7. The molecule has 2 unspecified atom stereocenters. The van der Waals surface area contributed by atoms with Crippen molar-refractivity contribution in [2.45, 2.75) is 45.3 Å². The van der Waals surface area contributed by atoms with Crippen molar-refractivity contribution >= 4 is 5.69 Å². The number of nitrogens with one attached hydrogen (secondary N) is 1. The van der Waals surface area contributed by atoms with E-state index in [2.05, 4.69) is 37.4 Å². The van der Waals surface area contributed by atoms with E-state index in [9.17, 15) is 0 Å². The number of hydrogen-bond acceptors (Lipinski definition) is 4. The minimum Gasteiger partial charge on any atom is -0.491 e. The van der Waals surface area contributed by atoms with Gasteiger partial charge in [-0.05, 0) is 50.5 Å². The van der Waals surface area contributed by atoms with Crippen LogP contribution in [0.2, 0.25) is 0 Å². The van der Waals surface area contributed by atoms with Gasteiger partial charge in [0.25, 0.3) is 0 Å². The molecule has 4 heteroatoms. The number of benzene rings is 2. The van der Waals surface area contributed by atoms with Crippen molar-refractivity contribution in [3.8, 4) is 11.5 Å². The maximum absolute atomic E-state index is 6.08. The Hall–Kier alpha value is -2.20. The van der Waals surface area contributed by atoms with Crippen molar-refractivity contribution in [2.24, 2.45) is 0 Å². The first-order valence-corrected chi connectivity index (χ1v) is 9.54. The smallest absolute Gasteiger partial charge is 0.121 e. The monoisotopic (exact) mass is 355 g/mol. The van der Waals surface area contributed by atoms with Gasteiger partial charge in [-0.3, -0.25) is 0 Å². The van der Waals surface area contributed by atoms with Gasteiger partial charge in [0.1, 0.15) is 24.2 Å². The van der Waals surface area contributed by atoms with Crippen molar-refractivity contribution in [2.75, 3.05) is 25.1 Å². The maximum atomic E-state index is 6.08. The standard InChI is InChI=1S/C22H29NO3/c1-3-19(26-20-11-9-17(2)10-12-20)15-23-18-6-4-7-21(14-18)25-16-22-8-5-13-24-22/h4,6-7,9-12,14,19,22-23H,3,5,8,13,15-16H2,1-2H3. The average molecular weight is 355 g/mol. The molecule has 0 radical (unpaired) electrons. The zero-order chi connectivity index (χ0) is 18.2. The third-order valence-corrected chi connectivity index (χ3v) is 4.61. The second-order valence-electron chi connectivity index (χ2n) is 6.82. The van der Waals surface area contributed by atoms with Crippen LogP contribution in [0.15, 0.2) is 48.5 Å². The molecule has 0 saturated carbocycles. The summed E-state index contributed by atoms with van der Waals surface area (Å²) >= 11 is 0. The van der Waals surface area contributed by atoms with Gasteiger partial charge in [-0.15, -0.1) is 0 Å². The molecule has 0 bridgehead atoms. The lowest BCUT2D eigenvalue weighted by atomic mass is 10.2. The first-order chi connectivity index (χ1) is 12.7. The summed E-state index contributed by atoms with van der Waals surface area (Å²) in [5.41, 5.74) is 2.28. The van der Waals surface area contributed by atoms with Crippen molar-refractivity contribution in [3.63, 3.8) is 0 Å². The minimum absolute atomic E-state index is 0.120. The van der Waals surface area contributed by atoms with Gasteiger partial charge < -0.3 is 19.5 Å². The van der Waals surface area contributed by atoms with Crippen LogP contribution in [-0.2, 0) is 4.74 Å². The molecule has 0 spiro atoms. The highest BCUT2D eigenvalue weighted by Crippen LogP contribution is 2.20. The molecule has 26 heavy (non-hydrogen) atoms. The lowest BCUT2D eigenvalue weighted by Gasteiger charge is -2.19. The Morgan fingerprint density at radius 2 is 2.00 bits per heavy atom. The van der Waals surface area contributed by atoms with E-state index in [0.29, 0.717) is 6.61 Å². The van der Waals surface area contributed by atoms with Gasteiger partial charge in [-0.2, -0.15) is 0 Å². The lowest BCUT2D eigenvalue weighted by molar-refractivity contribution is 0.0680. The summed E-state index contributed by atoms with van der Waals surface area (Å²) in [7, 11) is 0. The summed E-state index contributed by atoms with van der Waals surface area (Å²) < 4.78 is 17.6. The Balaban J connectivity index is 1.49. The van der Waals surface area contributed by atoms with Crippen molar-refractivity contribution < 1.29 is 14.2 Å². The molecule has 1 heterocycles. The minimum atomic E-state index is 0.120. The van der Waals surface area contributed by atoms with Crippen LogP contribution in [0.4, 0.5) is 5.69 Å². The fraction of sp³-hybridized carbons (Fsp3) is 0.455. The van der Waals surface area contributed by atoms with Gasteiger partial charge in [0, 0.05) is 18.4 Å². The van der Waals surface area contributed by atoms with Crippen LogP contribution in [0.3, 0.4) is 0 Å². The number of anilines is 1. The third-order valence-electron chi connectivity index (χ3n) is 4.61. The summed E-state index contributed by atoms with van der Waals surface area (Å²) in [6.07, 6.45) is 3.52. The van der Waals surface area contributed by atoms with E-state index in [0.717, 1.165) is 49.6 Å². The number of hydrogen-bond donors (Lipinski definition) is 1. The van der Waals surface area contributed by atoms with Crippen LogP contribution in [0.1, 0.15) is 31.7 Å². The summed E-state index contributed by atoms with van der Waals surface area (Å²) in [5.74, 6) is 1.79. The quantitative estimate of drug-likeness (QED) is 0.700. The highest BCUT2D eigenvalue weighted by molar-refractivity contribution is 5.48. The molecule has 1 aliphatic heterocycles. The molecule has 2 aromatic carbocycles. The van der Waals surface area contributed by atoms with Gasteiger partial charge >= 0.3 is 0 Å². The van der Waals surface area contributed by atoms with Crippen LogP contribution < -0.4 is 14.8 Å². The van der Waals surface area contributed by atoms with E-state index >= 15 is 0 Å². The van der Waals surface area contributed by atoms with Crippen molar-refractivity contribution in [3.05, 3.63) is 54.1 Å². The van der Waals surface area contributed by atoms with E-state index in [1.54, 1.807) is 0 Å². The molecule has 0 aromatic heterocycles. The van der Waals surface area contributed by atoms with Crippen LogP contribution in [0.25, 0.3) is 0 Å². The Morgan fingerprint density at radius 1 is 1.15 bits per heavy atom. The van der Waals surface area contributed by atoms with Gasteiger partial charge in [0.05, 0.1) is 12.6 Å². The van der Waals surface area contributed by atoms with Gasteiger partial charge in [0.2, 0.25) is 0 Å². The second kappa shape index (κ2) is 9.48. The van der Waals surface area contributed by atoms with E-state index in [-0.39, 0.29) is 12.2 Å². The molecule has 2 aromatic rings. The van der Waals surface area contributed by atoms with Crippen molar-refractivity contribution in [1.82, 2.24) is 0 Å². The first kappa shape index (κ1) is 18.6. The highest BCUT2D eigenvalue weighted by Gasteiger charge is 2.16. The highest BCUT2D eigenvalue weighted by atomic mass is 16.5. The summed E-state index contributed by atoms with van der Waals surface area (Å²) in [6, 6.07) is 16.3. The number of ether oxygens (including phenoxy) is 3. The molecular weight excluding hydrogens is 326 g/mol. The SMILES string of the molecule is CCC(CNc1cccc(OCC2CCCO2)c1)Oc1ccc(C)cc1. The van der Waals surface area contributed by atoms with E-state index in [1.807, 2.05) is 30.3 Å². The molecule has 0 aliphatic carbocycles. The van der Waals surface area contributed by atoms with Crippen LogP contribution in [-0.4, -0.2) is 32.0 Å². The van der Waals surface area contributed by atoms with Gasteiger partial charge in [-0.1, -0.05) is 30.7 Å². The van der Waals surface area contributed by atoms with E-state index in [4.69, 9.17) is 14.2 Å². The lowest BCUT2D eigenvalue weighted by Crippen LogP contribution is -2.25. The number of aryl methyl sites for hydroxylation is 1. The number of rotatable bonds is 9. The van der Waals surface area contributed by atoms with Crippen LogP contribution in [0.5, 0.6) is 11.5 Å². The Kier molecular flexibility index (Phi) is 6.78. The van der Waals surface area contributed by atoms with Crippen LogP contribution in [0, 0.1) is 6.92 Å². The predicted octanol–water partition coefficient (Wildman–Crippen LogP) is 4.82. The predicted molar refractivity (Wildman–Crippen MR) is 105 cm³/mol. The van der Waals surface area contributed by atoms with E-state index < -0.39 is 0 Å². The summed E-state index contributed by atoms with van der Waals surface area (Å²) in [6.45, 7) is 6.45. The van der Waals surface area contributed by atoms with Gasteiger partial charge in [0.15, 0.2) is 0 Å². The Labute approximate surface area is 156 Å². The molecule has 140 valence electrons. The molecular formula is C22H29NO3. The zero-order valence-corrected chi connectivity index (χ0v) is 15.7. The Morgan fingerprint density at radius 3 is 2.73 bits per heavy atom. The van der Waals surface area contributed by atoms with Crippen LogP contribution >= 0.6 is 0 Å². The van der Waals surface area contributed by atoms with E-state index in [1.165, 1.54) is 5.56 Å². The molecule has 2 atom stereocenters. The topological polar surface area (TPSA) is 39.7 Å².